The van der Waals surface area contributed by atoms with E-state index in [0.717, 1.165) is 0 Å². The topological polar surface area (TPSA) is 83.6 Å². The third-order valence-corrected chi connectivity index (χ3v) is 4.06. The van der Waals surface area contributed by atoms with E-state index in [1.54, 1.807) is 48.5 Å². The maximum atomic E-state index is 11.8. The number of halogens is 2. The summed E-state index contributed by atoms with van der Waals surface area (Å²) in [5.41, 5.74) is 1.04. The van der Waals surface area contributed by atoms with Crippen molar-refractivity contribution >= 4 is 44.4 Å². The van der Waals surface area contributed by atoms with Gasteiger partial charge in [0.15, 0.2) is 21.6 Å². The minimum Gasteiger partial charge on any atom is -0.225 e. The molecule has 0 saturated heterocycles. The summed E-state index contributed by atoms with van der Waals surface area (Å²) in [6, 6.07) is 13.1. The van der Waals surface area contributed by atoms with Gasteiger partial charge in [0.1, 0.15) is 0 Å². The van der Waals surface area contributed by atoms with E-state index in [9.17, 15) is 8.42 Å². The fourth-order valence-electron chi connectivity index (χ4n) is 1.45. The molecular formula is C14H12Cl2N4O2S. The highest BCUT2D eigenvalue weighted by Crippen LogP contribution is 2.17. The maximum absolute atomic E-state index is 11.8. The van der Waals surface area contributed by atoms with E-state index in [0.29, 0.717) is 21.4 Å². The number of hydrogen-bond donors (Lipinski definition) is 0. The molecule has 0 aliphatic heterocycles. The Kier molecular flexibility index (Phi) is 6.20. The van der Waals surface area contributed by atoms with Gasteiger partial charge < -0.3 is 0 Å². The van der Waals surface area contributed by atoms with Crippen LogP contribution in [0.5, 0.6) is 0 Å². The van der Waals surface area contributed by atoms with Crippen LogP contribution in [0.25, 0.3) is 0 Å². The van der Waals surface area contributed by atoms with Gasteiger partial charge in [0.25, 0.3) is 0 Å². The molecule has 0 saturated carbocycles. The molecule has 23 heavy (non-hydrogen) atoms. The molecule has 0 heterocycles. The second-order valence-corrected chi connectivity index (χ2v) is 7.31. The van der Waals surface area contributed by atoms with Gasteiger partial charge in [-0.05, 0) is 48.5 Å². The summed E-state index contributed by atoms with van der Waals surface area (Å²) in [6.45, 7) is 0. The van der Waals surface area contributed by atoms with Crippen molar-refractivity contribution in [3.63, 3.8) is 0 Å². The lowest BCUT2D eigenvalue weighted by Gasteiger charge is -1.96. The van der Waals surface area contributed by atoms with Crippen LogP contribution in [0.4, 0.5) is 11.4 Å². The predicted octanol–water partition coefficient (Wildman–Crippen LogP) is 5.19. The van der Waals surface area contributed by atoms with Crippen LogP contribution >= 0.6 is 23.2 Å². The van der Waals surface area contributed by atoms with Gasteiger partial charge in [0.05, 0.1) is 11.4 Å². The Morgan fingerprint density at radius 2 is 1.04 bits per heavy atom. The first-order valence-electron chi connectivity index (χ1n) is 6.41. The smallest absolute Gasteiger partial charge is 0.194 e. The zero-order valence-electron chi connectivity index (χ0n) is 11.8. The first-order valence-corrected chi connectivity index (χ1v) is 8.99. The fourth-order valence-corrected chi connectivity index (χ4v) is 2.25. The highest BCUT2D eigenvalue weighted by Gasteiger charge is 2.08. The molecule has 0 atom stereocenters. The average molecular weight is 371 g/mol. The second-order valence-electron chi connectivity index (χ2n) is 4.44. The zero-order valence-corrected chi connectivity index (χ0v) is 14.1. The molecule has 0 fully saturated rings. The minimum absolute atomic E-state index is 0.463. The molecule has 2 aromatic rings. The summed E-state index contributed by atoms with van der Waals surface area (Å²) in [5.74, 6) is -0.926. The van der Waals surface area contributed by atoms with Crippen LogP contribution in [0.2, 0.25) is 10.0 Å². The molecule has 0 radical (unpaired) electrons. The molecule has 2 rings (SSSR count). The molecule has 0 N–H and O–H groups in total. The van der Waals surface area contributed by atoms with Crippen LogP contribution < -0.4 is 0 Å². The van der Waals surface area contributed by atoms with E-state index >= 15 is 0 Å². The molecule has 0 bridgehead atoms. The first-order chi connectivity index (χ1) is 10.9. The van der Waals surface area contributed by atoms with Gasteiger partial charge in [-0.1, -0.05) is 23.2 Å². The molecular weight excluding hydrogens is 359 g/mol. The number of azo groups is 2. The normalized spacial score (nSPS) is 12.3. The van der Waals surface area contributed by atoms with Crippen LogP contribution in [-0.4, -0.2) is 20.2 Å². The van der Waals surface area contributed by atoms with E-state index in [1.807, 2.05) is 0 Å². The van der Waals surface area contributed by atoms with Gasteiger partial charge in [0.2, 0.25) is 0 Å². The second kappa shape index (κ2) is 8.14. The van der Waals surface area contributed by atoms with E-state index < -0.39 is 21.6 Å². The third kappa shape index (κ3) is 6.43. The van der Waals surface area contributed by atoms with Crippen molar-refractivity contribution in [3.8, 4) is 0 Å². The molecule has 0 unspecified atom stereocenters. The van der Waals surface area contributed by atoms with Crippen molar-refractivity contribution in [1.82, 2.24) is 0 Å². The summed E-state index contributed by atoms with van der Waals surface area (Å²) >= 11 is 11.5. The number of nitrogens with zero attached hydrogens (tertiary/aromatic N) is 4. The Hall–Kier alpha value is -1.83. The van der Waals surface area contributed by atoms with Crippen LogP contribution in [0.1, 0.15) is 0 Å². The maximum Gasteiger partial charge on any atom is 0.194 e. The summed E-state index contributed by atoms with van der Waals surface area (Å²) in [4.78, 5) is 0. The van der Waals surface area contributed by atoms with Gasteiger partial charge in [-0.2, -0.15) is 20.5 Å². The molecule has 6 nitrogen and oxygen atoms in total. The van der Waals surface area contributed by atoms with Crippen molar-refractivity contribution in [1.29, 1.82) is 0 Å². The number of hydrogen-bond acceptors (Lipinski definition) is 6. The first kappa shape index (κ1) is 17.5. The van der Waals surface area contributed by atoms with Gasteiger partial charge in [0, 0.05) is 10.0 Å². The third-order valence-electron chi connectivity index (χ3n) is 2.53. The molecule has 2 aromatic carbocycles. The van der Waals surface area contributed by atoms with Crippen molar-refractivity contribution in [2.24, 2.45) is 20.5 Å². The quantitative estimate of drug-likeness (QED) is 0.655. The number of benzene rings is 2. The molecule has 0 amide bonds. The molecule has 0 aromatic heterocycles. The van der Waals surface area contributed by atoms with E-state index in [2.05, 4.69) is 20.5 Å². The van der Waals surface area contributed by atoms with Crippen LogP contribution in [0.15, 0.2) is 69.0 Å². The lowest BCUT2D eigenvalue weighted by atomic mass is 10.3. The van der Waals surface area contributed by atoms with Crippen LogP contribution in [-0.2, 0) is 9.84 Å². The Labute approximate surface area is 143 Å². The average Bonchev–Trinajstić information content (AvgIpc) is 2.51. The highest BCUT2D eigenvalue weighted by atomic mass is 35.5. The van der Waals surface area contributed by atoms with Crippen molar-refractivity contribution in [2.45, 2.75) is 0 Å². The predicted molar refractivity (Wildman–Crippen MR) is 90.6 cm³/mol. The minimum atomic E-state index is -3.51. The van der Waals surface area contributed by atoms with Gasteiger partial charge in [-0.15, -0.1) is 0 Å². The lowest BCUT2D eigenvalue weighted by molar-refractivity contribution is 0.595. The van der Waals surface area contributed by atoms with Gasteiger partial charge >= 0.3 is 0 Å². The lowest BCUT2D eigenvalue weighted by Crippen LogP contribution is -2.06. The van der Waals surface area contributed by atoms with E-state index in [1.165, 1.54) is 0 Å². The van der Waals surface area contributed by atoms with Crippen LogP contribution in [0, 0.1) is 0 Å². The number of sulfone groups is 1. The summed E-state index contributed by atoms with van der Waals surface area (Å²) in [7, 11) is -3.51. The molecule has 0 aliphatic rings. The summed E-state index contributed by atoms with van der Waals surface area (Å²) in [6.07, 6.45) is 0. The van der Waals surface area contributed by atoms with Gasteiger partial charge in [-0.3, -0.25) is 0 Å². The Morgan fingerprint density at radius 3 is 1.39 bits per heavy atom. The molecule has 0 aliphatic carbocycles. The van der Waals surface area contributed by atoms with Crippen LogP contribution in [0.3, 0.4) is 0 Å². The summed E-state index contributed by atoms with van der Waals surface area (Å²) < 4.78 is 23.5. The molecule has 120 valence electrons. The summed E-state index contributed by atoms with van der Waals surface area (Å²) in [5, 5.41) is 16.1. The zero-order chi connectivity index (χ0) is 16.7. The fraction of sp³-hybridized carbons (Fsp3) is 0.143. The Bertz CT molecular complexity index is 740. The van der Waals surface area contributed by atoms with E-state index in [-0.39, 0.29) is 0 Å². The van der Waals surface area contributed by atoms with E-state index in [4.69, 9.17) is 23.2 Å². The highest BCUT2D eigenvalue weighted by molar-refractivity contribution is 7.91. The number of rotatable bonds is 6. The Morgan fingerprint density at radius 1 is 0.696 bits per heavy atom. The van der Waals surface area contributed by atoms with Gasteiger partial charge in [-0.25, -0.2) is 8.42 Å². The Balaban J connectivity index is 1.89. The molecule has 9 heteroatoms. The van der Waals surface area contributed by atoms with Crippen molar-refractivity contribution in [3.05, 3.63) is 58.6 Å². The van der Waals surface area contributed by atoms with Crippen molar-refractivity contribution in [2.75, 3.05) is 11.8 Å². The standard InChI is InChI=1S/C14H12Cl2N4O2S/c15-11-1-5-13(6-2-11)19-17-9-23(21,22)10-18-20-14-7-3-12(16)4-8-14/h1-8H,9-10H2. The molecule has 0 spiro atoms. The largest absolute Gasteiger partial charge is 0.225 e. The van der Waals surface area contributed by atoms with Crippen molar-refractivity contribution < 1.29 is 8.42 Å². The monoisotopic (exact) mass is 370 g/mol. The SMILES string of the molecule is O=S(=O)(CN=Nc1ccc(Cl)cc1)CN=Nc1ccc(Cl)cc1.